The third-order valence-corrected chi connectivity index (χ3v) is 5.63. The molecule has 1 heterocycles. The Labute approximate surface area is 147 Å². The molecule has 134 valence electrons. The van der Waals surface area contributed by atoms with E-state index in [4.69, 9.17) is 11.6 Å². The van der Waals surface area contributed by atoms with E-state index in [0.29, 0.717) is 32.4 Å². The van der Waals surface area contributed by atoms with Gasteiger partial charge >= 0.3 is 0 Å². The number of amides is 1. The third kappa shape index (κ3) is 5.43. The number of nitrogens with one attached hydrogen (secondary N) is 1. The lowest BCUT2D eigenvalue weighted by Crippen LogP contribution is -2.36. The van der Waals surface area contributed by atoms with E-state index in [1.165, 1.54) is 12.1 Å². The monoisotopic (exact) mass is 376 g/mol. The number of carbonyl (C=O) groups excluding carboxylic acids is 1. The van der Waals surface area contributed by atoms with Gasteiger partial charge in [0, 0.05) is 36.1 Å². The Morgan fingerprint density at radius 1 is 1.38 bits per heavy atom. The van der Waals surface area contributed by atoms with Gasteiger partial charge in [-0.2, -0.15) is 0 Å². The molecule has 24 heavy (non-hydrogen) atoms. The minimum Gasteiger partial charge on any atom is -0.343 e. The highest BCUT2D eigenvalue weighted by atomic mass is 35.5. The smallest absolute Gasteiger partial charge is 0.222 e. The van der Waals surface area contributed by atoms with E-state index < -0.39 is 21.6 Å². The van der Waals surface area contributed by atoms with Gasteiger partial charge in [0.1, 0.15) is 5.82 Å². The van der Waals surface area contributed by atoms with Gasteiger partial charge in [0.2, 0.25) is 15.9 Å². The SMILES string of the molecule is CCCN1CCC(NS(=O)(=O)Cc2ccc(Cl)cc2F)CCC1=O. The highest BCUT2D eigenvalue weighted by Gasteiger charge is 2.25. The summed E-state index contributed by atoms with van der Waals surface area (Å²) in [4.78, 5) is 13.7. The van der Waals surface area contributed by atoms with Crippen LogP contribution in [0.15, 0.2) is 18.2 Å². The van der Waals surface area contributed by atoms with Crippen LogP contribution in [0.5, 0.6) is 0 Å². The number of benzene rings is 1. The van der Waals surface area contributed by atoms with E-state index in [1.54, 1.807) is 4.90 Å². The van der Waals surface area contributed by atoms with Gasteiger partial charge in [-0.25, -0.2) is 17.5 Å². The Morgan fingerprint density at radius 3 is 2.79 bits per heavy atom. The minimum absolute atomic E-state index is 0.0577. The molecule has 1 amide bonds. The summed E-state index contributed by atoms with van der Waals surface area (Å²) in [5.41, 5.74) is 0.0733. The fourth-order valence-corrected chi connectivity index (χ4v) is 4.43. The van der Waals surface area contributed by atoms with E-state index in [0.717, 1.165) is 12.5 Å². The number of sulfonamides is 1. The third-order valence-electron chi connectivity index (χ3n) is 4.01. The molecule has 1 unspecified atom stereocenters. The zero-order valence-electron chi connectivity index (χ0n) is 13.6. The van der Waals surface area contributed by atoms with Crippen LogP contribution in [0.3, 0.4) is 0 Å². The molecule has 0 aliphatic carbocycles. The van der Waals surface area contributed by atoms with Gasteiger partial charge in [0.05, 0.1) is 5.75 Å². The Balaban J connectivity index is 2.00. The first-order chi connectivity index (χ1) is 11.3. The molecule has 1 N–H and O–H groups in total. The van der Waals surface area contributed by atoms with Gasteiger partial charge in [-0.3, -0.25) is 4.79 Å². The topological polar surface area (TPSA) is 66.5 Å². The van der Waals surface area contributed by atoms with Crippen LogP contribution in [0.1, 0.15) is 38.2 Å². The number of halogens is 2. The van der Waals surface area contributed by atoms with Crippen LogP contribution in [0.25, 0.3) is 0 Å². The second kappa shape index (κ2) is 8.27. The fraction of sp³-hybridized carbons (Fsp3) is 0.562. The zero-order chi connectivity index (χ0) is 17.7. The van der Waals surface area contributed by atoms with Crippen LogP contribution < -0.4 is 4.72 Å². The number of hydrogen-bond acceptors (Lipinski definition) is 3. The van der Waals surface area contributed by atoms with Gasteiger partial charge in [-0.15, -0.1) is 0 Å². The van der Waals surface area contributed by atoms with Gasteiger partial charge in [0.25, 0.3) is 0 Å². The number of hydrogen-bond donors (Lipinski definition) is 1. The van der Waals surface area contributed by atoms with E-state index in [2.05, 4.69) is 4.72 Å². The first kappa shape index (κ1) is 19.1. The first-order valence-electron chi connectivity index (χ1n) is 8.02. The molecular weight excluding hydrogens is 355 g/mol. The Bertz CT molecular complexity index is 697. The molecular formula is C16H22ClFN2O3S. The number of nitrogens with zero attached hydrogens (tertiary/aromatic N) is 1. The van der Waals surface area contributed by atoms with Crippen LogP contribution in [0.2, 0.25) is 5.02 Å². The molecule has 1 aliphatic heterocycles. The molecule has 1 aromatic rings. The molecule has 1 aromatic carbocycles. The summed E-state index contributed by atoms with van der Waals surface area (Å²) in [6.07, 6.45) is 2.22. The van der Waals surface area contributed by atoms with Crippen molar-refractivity contribution < 1.29 is 17.6 Å². The van der Waals surface area contributed by atoms with Crippen LogP contribution in [0.4, 0.5) is 4.39 Å². The molecule has 0 saturated carbocycles. The highest BCUT2D eigenvalue weighted by Crippen LogP contribution is 2.18. The van der Waals surface area contributed by atoms with Gasteiger partial charge in [-0.1, -0.05) is 24.6 Å². The molecule has 1 saturated heterocycles. The van der Waals surface area contributed by atoms with Crippen molar-refractivity contribution in [1.82, 2.24) is 9.62 Å². The van der Waals surface area contributed by atoms with Gasteiger partial charge in [0.15, 0.2) is 0 Å². The molecule has 1 atom stereocenters. The van der Waals surface area contributed by atoms with Crippen molar-refractivity contribution in [2.75, 3.05) is 13.1 Å². The molecule has 8 heteroatoms. The lowest BCUT2D eigenvalue weighted by Gasteiger charge is -2.20. The molecule has 5 nitrogen and oxygen atoms in total. The van der Waals surface area contributed by atoms with Crippen molar-refractivity contribution in [3.8, 4) is 0 Å². The summed E-state index contributed by atoms with van der Waals surface area (Å²) < 4.78 is 41.0. The molecule has 0 spiro atoms. The lowest BCUT2D eigenvalue weighted by molar-refractivity contribution is -0.130. The van der Waals surface area contributed by atoms with Gasteiger partial charge in [-0.05, 0) is 31.4 Å². The predicted octanol–water partition coefficient (Wildman–Crippen LogP) is 2.69. The van der Waals surface area contributed by atoms with Crippen LogP contribution in [-0.4, -0.2) is 38.4 Å². The summed E-state index contributed by atoms with van der Waals surface area (Å²) in [5, 5.41) is 0.222. The van der Waals surface area contributed by atoms with Crippen molar-refractivity contribution in [2.45, 2.75) is 44.4 Å². The van der Waals surface area contributed by atoms with Crippen molar-refractivity contribution in [3.63, 3.8) is 0 Å². The normalized spacial score (nSPS) is 19.4. The van der Waals surface area contributed by atoms with Gasteiger partial charge < -0.3 is 4.90 Å². The number of likely N-dealkylation sites (tertiary alicyclic amines) is 1. The molecule has 0 bridgehead atoms. The standard InChI is InChI=1S/C16H22ClFN2O3S/c1-2-8-20-9-7-14(5-6-16(20)21)19-24(22,23)11-12-3-4-13(17)10-15(12)18/h3-4,10,14,19H,2,5-9,11H2,1H3. The summed E-state index contributed by atoms with van der Waals surface area (Å²) in [7, 11) is -3.70. The lowest BCUT2D eigenvalue weighted by atomic mass is 10.1. The fourth-order valence-electron chi connectivity index (χ4n) is 2.80. The van der Waals surface area contributed by atoms with Crippen LogP contribution in [0, 0.1) is 5.82 Å². The zero-order valence-corrected chi connectivity index (χ0v) is 15.2. The molecule has 0 radical (unpaired) electrons. The van der Waals surface area contributed by atoms with Crippen LogP contribution >= 0.6 is 11.6 Å². The van der Waals surface area contributed by atoms with E-state index in [-0.39, 0.29) is 22.5 Å². The maximum Gasteiger partial charge on any atom is 0.222 e. The number of rotatable bonds is 6. The summed E-state index contributed by atoms with van der Waals surface area (Å²) >= 11 is 5.67. The second-order valence-electron chi connectivity index (χ2n) is 6.02. The quantitative estimate of drug-likeness (QED) is 0.830. The Hall–Kier alpha value is -1.18. The molecule has 2 rings (SSSR count). The van der Waals surface area contributed by atoms with Crippen LogP contribution in [-0.2, 0) is 20.6 Å². The van der Waals surface area contributed by atoms with E-state index >= 15 is 0 Å². The summed E-state index contributed by atoms with van der Waals surface area (Å²) in [6.45, 7) is 3.22. The number of carbonyl (C=O) groups is 1. The Kier molecular flexibility index (Phi) is 6.60. The summed E-state index contributed by atoms with van der Waals surface area (Å²) in [5.74, 6) is -1.03. The van der Waals surface area contributed by atoms with Crippen molar-refractivity contribution >= 4 is 27.5 Å². The summed E-state index contributed by atoms with van der Waals surface area (Å²) in [6, 6.07) is 3.62. The largest absolute Gasteiger partial charge is 0.343 e. The maximum absolute atomic E-state index is 13.8. The van der Waals surface area contributed by atoms with E-state index in [1.807, 2.05) is 6.92 Å². The average Bonchev–Trinajstić information content (AvgIpc) is 2.66. The van der Waals surface area contributed by atoms with Crippen molar-refractivity contribution in [3.05, 3.63) is 34.6 Å². The van der Waals surface area contributed by atoms with Crippen molar-refractivity contribution in [1.29, 1.82) is 0 Å². The first-order valence-corrected chi connectivity index (χ1v) is 10.1. The second-order valence-corrected chi connectivity index (χ2v) is 8.21. The molecule has 1 aliphatic rings. The minimum atomic E-state index is -3.70. The highest BCUT2D eigenvalue weighted by molar-refractivity contribution is 7.88. The maximum atomic E-state index is 13.8. The average molecular weight is 377 g/mol. The Morgan fingerprint density at radius 2 is 2.12 bits per heavy atom. The van der Waals surface area contributed by atoms with E-state index in [9.17, 15) is 17.6 Å². The van der Waals surface area contributed by atoms with Crippen molar-refractivity contribution in [2.24, 2.45) is 0 Å². The molecule has 0 aromatic heterocycles. The predicted molar refractivity (Wildman–Crippen MR) is 91.7 cm³/mol. The molecule has 1 fully saturated rings.